The molecule has 6 heteroatoms. The van der Waals surface area contributed by atoms with Crippen LogP contribution >= 0.6 is 0 Å². The second kappa shape index (κ2) is 4.66. The highest BCUT2D eigenvalue weighted by molar-refractivity contribution is 6.09. The molecule has 0 unspecified atom stereocenters. The molecular weight excluding hydrogens is 264 g/mol. The molecule has 0 amide bonds. The van der Waals surface area contributed by atoms with Gasteiger partial charge in [0, 0.05) is 30.2 Å². The molecule has 0 aliphatic carbocycles. The third-order valence-corrected chi connectivity index (χ3v) is 3.61. The smallest absolute Gasteiger partial charge is 0.167 e. The summed E-state index contributed by atoms with van der Waals surface area (Å²) < 4.78 is 1.84. The van der Waals surface area contributed by atoms with E-state index in [1.54, 1.807) is 12.5 Å². The van der Waals surface area contributed by atoms with Crippen LogP contribution in [0.4, 0.5) is 0 Å². The topological polar surface area (TPSA) is 67.5 Å². The van der Waals surface area contributed by atoms with E-state index in [1.165, 1.54) is 0 Å². The molecule has 0 radical (unpaired) electrons. The second-order valence-electron chi connectivity index (χ2n) is 4.97. The number of aromatic nitrogens is 4. The molecule has 4 rings (SSSR count). The fourth-order valence-electron chi connectivity index (χ4n) is 2.68. The van der Waals surface area contributed by atoms with Crippen molar-refractivity contribution in [2.75, 3.05) is 13.1 Å². The highest BCUT2D eigenvalue weighted by Gasteiger charge is 2.20. The summed E-state index contributed by atoms with van der Waals surface area (Å²) in [6, 6.07) is 6.09. The van der Waals surface area contributed by atoms with Gasteiger partial charge in [-0.15, -0.1) is 0 Å². The van der Waals surface area contributed by atoms with Gasteiger partial charge in [-0.2, -0.15) is 5.10 Å². The van der Waals surface area contributed by atoms with E-state index >= 15 is 0 Å². The first kappa shape index (κ1) is 12.0. The fraction of sp³-hybridized carbons (Fsp3) is 0.200. The maximum atomic E-state index is 4.56. The predicted molar refractivity (Wildman–Crippen MR) is 80.4 cm³/mol. The van der Waals surface area contributed by atoms with Gasteiger partial charge < -0.3 is 5.32 Å². The zero-order valence-electron chi connectivity index (χ0n) is 11.6. The summed E-state index contributed by atoms with van der Waals surface area (Å²) in [5.74, 6) is 0.881. The first-order chi connectivity index (χ1) is 10.3. The highest BCUT2D eigenvalue weighted by Crippen LogP contribution is 2.27. The van der Waals surface area contributed by atoms with Crippen molar-refractivity contribution >= 4 is 11.5 Å². The van der Waals surface area contributed by atoms with Crippen LogP contribution < -0.4 is 5.32 Å². The molecule has 1 aliphatic rings. The van der Waals surface area contributed by atoms with Crippen LogP contribution in [0.2, 0.25) is 0 Å². The quantitative estimate of drug-likeness (QED) is 0.770. The van der Waals surface area contributed by atoms with Crippen molar-refractivity contribution in [1.29, 1.82) is 0 Å². The van der Waals surface area contributed by atoms with Gasteiger partial charge in [0.1, 0.15) is 12.2 Å². The van der Waals surface area contributed by atoms with E-state index in [4.69, 9.17) is 0 Å². The summed E-state index contributed by atoms with van der Waals surface area (Å²) in [5, 5.41) is 7.63. The average Bonchev–Trinajstić information content (AvgIpc) is 3.19. The number of aryl methyl sites for hydroxylation is 1. The maximum absolute atomic E-state index is 4.56. The Labute approximate surface area is 121 Å². The molecule has 0 spiro atoms. The van der Waals surface area contributed by atoms with Gasteiger partial charge >= 0.3 is 0 Å². The van der Waals surface area contributed by atoms with Crippen LogP contribution in [0.3, 0.4) is 0 Å². The number of fused-ring (bicyclic) bond motifs is 1. The Bertz CT molecular complexity index is 834. The molecule has 1 N–H and O–H groups in total. The lowest BCUT2D eigenvalue weighted by Gasteiger charge is -2.13. The molecule has 0 aromatic carbocycles. The average molecular weight is 278 g/mol. The summed E-state index contributed by atoms with van der Waals surface area (Å²) in [6.45, 7) is 3.67. The summed E-state index contributed by atoms with van der Waals surface area (Å²) in [6.07, 6.45) is 5.21. The van der Waals surface area contributed by atoms with Crippen molar-refractivity contribution in [1.82, 2.24) is 24.9 Å². The molecule has 3 aromatic rings. The first-order valence-corrected chi connectivity index (χ1v) is 6.87. The number of pyridine rings is 2. The maximum Gasteiger partial charge on any atom is 0.167 e. The summed E-state index contributed by atoms with van der Waals surface area (Å²) in [7, 11) is 0. The number of rotatable bonds is 2. The normalized spacial score (nSPS) is 14.2. The minimum atomic E-state index is 0.788. The van der Waals surface area contributed by atoms with Crippen LogP contribution in [0.5, 0.6) is 0 Å². The molecule has 1 aliphatic heterocycles. The van der Waals surface area contributed by atoms with Crippen LogP contribution in [-0.4, -0.2) is 38.5 Å². The number of hydrogen-bond acceptors (Lipinski definition) is 5. The standard InChI is InChI=1S/C15H14N6/c1-10-7-12(11-3-2-4-16-8-11)13(14-17-5-6-18-14)15-19-9-20-21(10)15/h2-4,7-9H,5-6H2,1H3,(H,17,18). The van der Waals surface area contributed by atoms with E-state index in [9.17, 15) is 0 Å². The SMILES string of the molecule is Cc1cc(-c2cccnc2)c(C2=NCCN2)c2ncnn12. The van der Waals surface area contributed by atoms with E-state index in [1.807, 2.05) is 29.8 Å². The summed E-state index contributed by atoms with van der Waals surface area (Å²) in [4.78, 5) is 13.2. The van der Waals surface area contributed by atoms with Crippen molar-refractivity contribution in [3.8, 4) is 11.1 Å². The molecule has 0 atom stereocenters. The van der Waals surface area contributed by atoms with E-state index < -0.39 is 0 Å². The Morgan fingerprint density at radius 1 is 1.33 bits per heavy atom. The van der Waals surface area contributed by atoms with Crippen molar-refractivity contribution in [2.45, 2.75) is 6.92 Å². The van der Waals surface area contributed by atoms with Crippen LogP contribution in [0, 0.1) is 6.92 Å². The van der Waals surface area contributed by atoms with Gasteiger partial charge in [-0.1, -0.05) is 6.07 Å². The monoisotopic (exact) mass is 278 g/mol. The molecule has 0 saturated heterocycles. The Morgan fingerprint density at radius 2 is 2.29 bits per heavy atom. The first-order valence-electron chi connectivity index (χ1n) is 6.87. The van der Waals surface area contributed by atoms with Gasteiger partial charge in [0.05, 0.1) is 12.1 Å². The van der Waals surface area contributed by atoms with E-state index in [2.05, 4.69) is 31.4 Å². The third kappa shape index (κ3) is 1.87. The van der Waals surface area contributed by atoms with Gasteiger partial charge in [0.2, 0.25) is 0 Å². The van der Waals surface area contributed by atoms with Gasteiger partial charge in [0.15, 0.2) is 5.65 Å². The van der Waals surface area contributed by atoms with E-state index in [0.29, 0.717) is 0 Å². The van der Waals surface area contributed by atoms with Crippen molar-refractivity contribution in [3.63, 3.8) is 0 Å². The van der Waals surface area contributed by atoms with Crippen LogP contribution in [0.25, 0.3) is 16.8 Å². The van der Waals surface area contributed by atoms with Gasteiger partial charge in [-0.25, -0.2) is 9.50 Å². The molecule has 3 aromatic heterocycles. The molecule has 0 fully saturated rings. The van der Waals surface area contributed by atoms with Crippen LogP contribution in [-0.2, 0) is 0 Å². The Balaban J connectivity index is 2.07. The molecule has 0 bridgehead atoms. The number of aliphatic imine (C=N–C) groups is 1. The molecular formula is C15H14N6. The lowest BCUT2D eigenvalue weighted by atomic mass is 10.0. The molecule has 6 nitrogen and oxygen atoms in total. The number of nitrogens with one attached hydrogen (secondary N) is 1. The lowest BCUT2D eigenvalue weighted by Crippen LogP contribution is -2.21. The third-order valence-electron chi connectivity index (χ3n) is 3.61. The number of amidine groups is 1. The van der Waals surface area contributed by atoms with E-state index in [0.717, 1.165) is 47.0 Å². The minimum absolute atomic E-state index is 0.788. The highest BCUT2D eigenvalue weighted by atomic mass is 15.3. The Hall–Kier alpha value is -2.76. The molecule has 4 heterocycles. The van der Waals surface area contributed by atoms with Gasteiger partial charge in [-0.05, 0) is 24.6 Å². The molecule has 104 valence electrons. The predicted octanol–water partition coefficient (Wildman–Crippen LogP) is 1.45. The van der Waals surface area contributed by atoms with Crippen LogP contribution in [0.1, 0.15) is 11.3 Å². The van der Waals surface area contributed by atoms with E-state index in [-0.39, 0.29) is 0 Å². The summed E-state index contributed by atoms with van der Waals surface area (Å²) in [5.41, 5.74) is 4.97. The number of hydrogen-bond donors (Lipinski definition) is 1. The minimum Gasteiger partial charge on any atom is -0.368 e. The van der Waals surface area contributed by atoms with Gasteiger partial charge in [-0.3, -0.25) is 9.98 Å². The summed E-state index contributed by atoms with van der Waals surface area (Å²) >= 11 is 0. The second-order valence-corrected chi connectivity index (χ2v) is 4.97. The van der Waals surface area contributed by atoms with Gasteiger partial charge in [0.25, 0.3) is 0 Å². The van der Waals surface area contributed by atoms with Crippen molar-refractivity contribution in [2.24, 2.45) is 4.99 Å². The zero-order valence-corrected chi connectivity index (χ0v) is 11.6. The molecule has 21 heavy (non-hydrogen) atoms. The Morgan fingerprint density at radius 3 is 3.05 bits per heavy atom. The zero-order chi connectivity index (χ0) is 14.2. The van der Waals surface area contributed by atoms with Crippen molar-refractivity contribution in [3.05, 3.63) is 48.2 Å². The molecule has 0 saturated carbocycles. The largest absolute Gasteiger partial charge is 0.368 e. The lowest BCUT2D eigenvalue weighted by molar-refractivity contribution is 0.912. The number of nitrogens with zero attached hydrogens (tertiary/aromatic N) is 5. The Kier molecular flexibility index (Phi) is 2.67. The van der Waals surface area contributed by atoms with Crippen molar-refractivity contribution < 1.29 is 0 Å². The fourth-order valence-corrected chi connectivity index (χ4v) is 2.68. The van der Waals surface area contributed by atoms with Crippen LogP contribution in [0.15, 0.2) is 41.9 Å².